The number of nitrogens with zero attached hydrogens (tertiary/aromatic N) is 6. The van der Waals surface area contributed by atoms with Crippen LogP contribution in [0.1, 0.15) is 43.9 Å². The number of halogens is 2. The molecule has 2 aromatic heterocycles. The van der Waals surface area contributed by atoms with Gasteiger partial charge in [0, 0.05) is 17.8 Å². The van der Waals surface area contributed by atoms with Crippen molar-refractivity contribution in [1.29, 1.82) is 0 Å². The number of benzene rings is 1. The lowest BCUT2D eigenvalue weighted by Gasteiger charge is -2.28. The third-order valence-electron chi connectivity index (χ3n) is 4.62. The molecular weight excluding hydrogens is 366 g/mol. The lowest BCUT2D eigenvalue weighted by Crippen LogP contribution is -2.37. The van der Waals surface area contributed by atoms with E-state index >= 15 is 0 Å². The fourth-order valence-electron chi connectivity index (χ4n) is 3.20. The molecule has 0 aliphatic carbocycles. The molecule has 3 aromatic rings. The van der Waals surface area contributed by atoms with Gasteiger partial charge in [-0.3, -0.25) is 0 Å². The first-order valence-corrected chi connectivity index (χ1v) is 9.39. The van der Waals surface area contributed by atoms with Gasteiger partial charge in [0.2, 0.25) is 0 Å². The number of rotatable bonds is 10. The smallest absolute Gasteiger partial charge is 0.137 e. The van der Waals surface area contributed by atoms with Gasteiger partial charge in [0.25, 0.3) is 0 Å². The van der Waals surface area contributed by atoms with E-state index < -0.39 is 17.2 Å². The van der Waals surface area contributed by atoms with Crippen LogP contribution >= 0.6 is 0 Å². The van der Waals surface area contributed by atoms with Gasteiger partial charge >= 0.3 is 0 Å². The van der Waals surface area contributed by atoms with Gasteiger partial charge in [0.1, 0.15) is 29.9 Å². The quantitative estimate of drug-likeness (QED) is 0.539. The summed E-state index contributed by atoms with van der Waals surface area (Å²) in [5, 5.41) is 23.5. The molecule has 28 heavy (non-hydrogen) atoms. The molecule has 2 heterocycles. The molecule has 0 bridgehead atoms. The molecule has 3 rings (SSSR count). The van der Waals surface area contributed by atoms with Gasteiger partial charge in [-0.05, 0) is 18.9 Å². The Bertz CT molecular complexity index is 882. The van der Waals surface area contributed by atoms with E-state index in [9.17, 15) is 13.9 Å². The Morgan fingerprint density at radius 1 is 1.11 bits per heavy atom. The van der Waals surface area contributed by atoms with Gasteiger partial charge < -0.3 is 5.11 Å². The molecule has 0 spiro atoms. The van der Waals surface area contributed by atoms with Gasteiger partial charge in [0.05, 0.1) is 18.8 Å². The summed E-state index contributed by atoms with van der Waals surface area (Å²) in [4.78, 5) is 3.85. The molecule has 0 amide bonds. The molecule has 0 unspecified atom stereocenters. The average molecular weight is 390 g/mol. The summed E-state index contributed by atoms with van der Waals surface area (Å²) in [5.41, 5.74) is -0.929. The van der Waals surface area contributed by atoms with E-state index in [1.54, 1.807) is 6.20 Å². The second-order valence-corrected chi connectivity index (χ2v) is 6.97. The Hall–Kier alpha value is -2.68. The van der Waals surface area contributed by atoms with Crippen LogP contribution in [0.25, 0.3) is 0 Å². The lowest BCUT2D eigenvalue weighted by molar-refractivity contribution is -0.00891. The predicted molar refractivity (Wildman–Crippen MR) is 98.1 cm³/mol. The second-order valence-electron chi connectivity index (χ2n) is 6.97. The summed E-state index contributed by atoms with van der Waals surface area (Å²) in [6.45, 7) is 2.03. The zero-order chi connectivity index (χ0) is 20.0. The second kappa shape index (κ2) is 9.01. The molecule has 7 nitrogen and oxygen atoms in total. The summed E-state index contributed by atoms with van der Waals surface area (Å²) in [5.74, 6) is -1.54. The molecule has 9 heteroatoms. The Balaban J connectivity index is 1.81. The topological polar surface area (TPSA) is 81.7 Å². The first-order valence-electron chi connectivity index (χ1n) is 9.39. The minimum absolute atomic E-state index is 0.0376. The molecule has 150 valence electrons. The monoisotopic (exact) mass is 390 g/mol. The highest BCUT2D eigenvalue weighted by Gasteiger charge is 2.34. The standard InChI is InChI=1S/C19H24F2N6O/c1-2-3-4-5-6-16-10-26(25-24-16)11-19(28,12-27-14-22-13-23-27)17-8-7-15(20)9-18(17)21/h7-10,13-14,28H,2-6,11-12H2,1H3/t19-/m1/s1. The van der Waals surface area contributed by atoms with E-state index in [0.29, 0.717) is 0 Å². The molecule has 1 atom stereocenters. The van der Waals surface area contributed by atoms with Gasteiger partial charge in [0.15, 0.2) is 0 Å². The summed E-state index contributed by atoms with van der Waals surface area (Å²) < 4.78 is 30.6. The minimum atomic E-state index is -1.71. The van der Waals surface area contributed by atoms with Crippen molar-refractivity contribution in [3.63, 3.8) is 0 Å². The maximum absolute atomic E-state index is 14.4. The first kappa shape index (κ1) is 20.1. The van der Waals surface area contributed by atoms with E-state index in [0.717, 1.165) is 43.5 Å². The summed E-state index contributed by atoms with van der Waals surface area (Å²) in [6.07, 6.45) is 9.77. The number of aliphatic hydroxyl groups is 1. The molecular formula is C19H24F2N6O. The number of aryl methyl sites for hydroxylation is 1. The number of hydrogen-bond acceptors (Lipinski definition) is 5. The van der Waals surface area contributed by atoms with Crippen LogP contribution in [0.15, 0.2) is 37.1 Å². The van der Waals surface area contributed by atoms with Crippen molar-refractivity contribution in [3.05, 3.63) is 59.9 Å². The first-order chi connectivity index (χ1) is 13.5. The fourth-order valence-corrected chi connectivity index (χ4v) is 3.20. The Morgan fingerprint density at radius 2 is 1.93 bits per heavy atom. The van der Waals surface area contributed by atoms with E-state index in [1.807, 2.05) is 0 Å². The maximum Gasteiger partial charge on any atom is 0.137 e. The molecule has 1 aromatic carbocycles. The average Bonchev–Trinajstić information content (AvgIpc) is 3.30. The van der Waals surface area contributed by atoms with E-state index in [1.165, 1.54) is 34.5 Å². The van der Waals surface area contributed by atoms with E-state index in [2.05, 4.69) is 27.3 Å². The van der Waals surface area contributed by atoms with E-state index in [-0.39, 0.29) is 18.7 Å². The number of unbranched alkanes of at least 4 members (excludes halogenated alkanes) is 3. The highest BCUT2D eigenvalue weighted by molar-refractivity contribution is 5.25. The van der Waals surface area contributed by atoms with Crippen LogP contribution in [0.5, 0.6) is 0 Å². The molecule has 0 fully saturated rings. The van der Waals surface area contributed by atoms with Crippen LogP contribution in [0.4, 0.5) is 8.78 Å². The molecule has 0 saturated carbocycles. The fraction of sp³-hybridized carbons (Fsp3) is 0.474. The number of hydrogen-bond donors (Lipinski definition) is 1. The Kier molecular flexibility index (Phi) is 6.45. The molecule has 0 aliphatic rings. The van der Waals surface area contributed by atoms with E-state index in [4.69, 9.17) is 0 Å². The van der Waals surface area contributed by atoms with Crippen LogP contribution in [0, 0.1) is 11.6 Å². The summed E-state index contributed by atoms with van der Waals surface area (Å²) >= 11 is 0. The zero-order valence-corrected chi connectivity index (χ0v) is 15.8. The van der Waals surface area contributed by atoms with Crippen molar-refractivity contribution in [2.24, 2.45) is 0 Å². The van der Waals surface area contributed by atoms with Crippen molar-refractivity contribution in [3.8, 4) is 0 Å². The van der Waals surface area contributed by atoms with Crippen LogP contribution in [0.2, 0.25) is 0 Å². The highest BCUT2D eigenvalue weighted by atomic mass is 19.1. The van der Waals surface area contributed by atoms with Gasteiger partial charge in [-0.2, -0.15) is 5.10 Å². The largest absolute Gasteiger partial charge is 0.381 e. The summed E-state index contributed by atoms with van der Waals surface area (Å²) in [7, 11) is 0. The molecule has 1 N–H and O–H groups in total. The third kappa shape index (κ3) is 4.98. The molecule has 0 saturated heterocycles. The van der Waals surface area contributed by atoms with Crippen molar-refractivity contribution in [1.82, 2.24) is 29.8 Å². The van der Waals surface area contributed by atoms with Gasteiger partial charge in [-0.15, -0.1) is 5.10 Å². The van der Waals surface area contributed by atoms with Crippen molar-refractivity contribution in [2.45, 2.75) is 57.7 Å². The lowest BCUT2D eigenvalue weighted by atomic mass is 9.93. The SMILES string of the molecule is CCCCCCc1cn(C[C@@](O)(Cn2cncn2)c2ccc(F)cc2F)nn1. The maximum atomic E-state index is 14.4. The third-order valence-corrected chi connectivity index (χ3v) is 4.62. The normalized spacial score (nSPS) is 13.6. The van der Waals surface area contributed by atoms with Gasteiger partial charge in [-0.1, -0.05) is 37.5 Å². The zero-order valence-electron chi connectivity index (χ0n) is 15.8. The number of aromatic nitrogens is 6. The molecule has 0 aliphatic heterocycles. The Morgan fingerprint density at radius 3 is 2.64 bits per heavy atom. The van der Waals surface area contributed by atoms with Crippen LogP contribution in [-0.2, 0) is 25.1 Å². The predicted octanol–water partition coefficient (Wildman–Crippen LogP) is 2.86. The highest BCUT2D eigenvalue weighted by Crippen LogP contribution is 2.28. The van der Waals surface area contributed by atoms with Crippen LogP contribution in [0.3, 0.4) is 0 Å². The van der Waals surface area contributed by atoms with Crippen molar-refractivity contribution >= 4 is 0 Å². The van der Waals surface area contributed by atoms with Crippen molar-refractivity contribution < 1.29 is 13.9 Å². The Labute approximate surface area is 162 Å². The summed E-state index contributed by atoms with van der Waals surface area (Å²) in [6, 6.07) is 3.11. The minimum Gasteiger partial charge on any atom is -0.381 e. The van der Waals surface area contributed by atoms with Crippen LogP contribution in [-0.4, -0.2) is 34.9 Å². The van der Waals surface area contributed by atoms with Gasteiger partial charge in [-0.25, -0.2) is 23.1 Å². The van der Waals surface area contributed by atoms with Crippen molar-refractivity contribution in [2.75, 3.05) is 0 Å². The van der Waals surface area contributed by atoms with Crippen LogP contribution < -0.4 is 0 Å². The molecule has 0 radical (unpaired) electrons.